The summed E-state index contributed by atoms with van der Waals surface area (Å²) in [5, 5.41) is 15.3. The first-order valence-corrected chi connectivity index (χ1v) is 10.0. The average molecular weight is 399 g/mol. The molecule has 6 atom stereocenters. The molecule has 0 unspecified atom stereocenters. The normalized spacial score (nSPS) is 29.3. The Balaban J connectivity index is 1.90. The molecule has 1 heterocycles. The number of nitrogens with zero attached hydrogens (tertiary/aromatic N) is 1. The summed E-state index contributed by atoms with van der Waals surface area (Å²) in [6, 6.07) is 8.26. The number of hydrogen-bond donors (Lipinski definition) is 3. The Morgan fingerprint density at radius 3 is 2.48 bits per heavy atom. The van der Waals surface area contributed by atoms with Crippen LogP contribution >= 0.6 is 0 Å². The molecule has 0 saturated carbocycles. The Hall–Kier alpha value is -2.67. The third kappa shape index (κ3) is 3.92. The minimum absolute atomic E-state index is 0.113. The van der Waals surface area contributed by atoms with Crippen LogP contribution in [0.15, 0.2) is 42.5 Å². The van der Waals surface area contributed by atoms with Gasteiger partial charge in [-0.2, -0.15) is 0 Å². The molecule has 3 N–H and O–H groups in total. The van der Waals surface area contributed by atoms with Crippen LogP contribution in [0.3, 0.4) is 0 Å². The number of fused-ring (bicyclic) bond motifs is 1. The van der Waals surface area contributed by atoms with Gasteiger partial charge >= 0.3 is 0 Å². The molecule has 1 aliphatic heterocycles. The quantitative estimate of drug-likeness (QED) is 0.613. The number of allylic oxidation sites excluding steroid dienone is 1. The van der Waals surface area contributed by atoms with Crippen LogP contribution in [0.4, 0.5) is 0 Å². The number of aliphatic hydroxyl groups is 1. The van der Waals surface area contributed by atoms with Gasteiger partial charge in [0.1, 0.15) is 6.04 Å². The van der Waals surface area contributed by atoms with E-state index in [1.165, 1.54) is 4.90 Å². The summed E-state index contributed by atoms with van der Waals surface area (Å²) in [6.45, 7) is 3.72. The number of carbonyl (C=O) groups excluding carboxylic acids is 3. The van der Waals surface area contributed by atoms with Gasteiger partial charge in [0.2, 0.25) is 17.7 Å². The Morgan fingerprint density at radius 1 is 1.17 bits per heavy atom. The van der Waals surface area contributed by atoms with E-state index in [0.29, 0.717) is 6.54 Å². The fourth-order valence-electron chi connectivity index (χ4n) is 4.56. The van der Waals surface area contributed by atoms with E-state index in [4.69, 9.17) is 0 Å². The lowest BCUT2D eigenvalue weighted by Gasteiger charge is -2.32. The first-order valence-electron chi connectivity index (χ1n) is 10.0. The number of carbonyl (C=O) groups is 3. The maximum absolute atomic E-state index is 13.3. The van der Waals surface area contributed by atoms with Crippen molar-refractivity contribution < 1.29 is 19.5 Å². The van der Waals surface area contributed by atoms with Crippen molar-refractivity contribution in [1.82, 2.24) is 15.5 Å². The molecule has 0 spiro atoms. The van der Waals surface area contributed by atoms with E-state index in [0.717, 1.165) is 5.56 Å². The average Bonchev–Trinajstić information content (AvgIpc) is 3.04. The third-order valence-corrected chi connectivity index (χ3v) is 6.08. The van der Waals surface area contributed by atoms with E-state index < -0.39 is 29.8 Å². The second kappa shape index (κ2) is 8.78. The van der Waals surface area contributed by atoms with Crippen LogP contribution in [-0.2, 0) is 20.9 Å². The zero-order chi connectivity index (χ0) is 21.1. The molecular formula is C22H29N3O4. The first-order chi connectivity index (χ1) is 13.9. The van der Waals surface area contributed by atoms with E-state index in [-0.39, 0.29) is 30.2 Å². The lowest BCUT2D eigenvalue weighted by molar-refractivity contribution is -0.142. The van der Waals surface area contributed by atoms with Crippen LogP contribution in [0, 0.1) is 23.7 Å². The molecule has 7 nitrogen and oxygen atoms in total. The van der Waals surface area contributed by atoms with Crippen molar-refractivity contribution in [1.29, 1.82) is 0 Å². The summed E-state index contributed by atoms with van der Waals surface area (Å²) >= 11 is 0. The van der Waals surface area contributed by atoms with Crippen molar-refractivity contribution in [2.75, 3.05) is 13.7 Å². The van der Waals surface area contributed by atoms with Crippen molar-refractivity contribution in [2.24, 2.45) is 23.7 Å². The van der Waals surface area contributed by atoms with Gasteiger partial charge in [0.05, 0.1) is 24.5 Å². The number of amides is 3. The second-order valence-corrected chi connectivity index (χ2v) is 7.91. The van der Waals surface area contributed by atoms with Crippen molar-refractivity contribution in [3.63, 3.8) is 0 Å². The third-order valence-electron chi connectivity index (χ3n) is 6.08. The summed E-state index contributed by atoms with van der Waals surface area (Å²) < 4.78 is 0. The van der Waals surface area contributed by atoms with Crippen molar-refractivity contribution in [2.45, 2.75) is 32.5 Å². The molecule has 1 aromatic carbocycles. The van der Waals surface area contributed by atoms with Gasteiger partial charge in [0.25, 0.3) is 0 Å². The standard InChI is InChI=1S/C22H29N3O4/c1-13-9-10-16-18(17(13)20(27)23-3)22(29)25(14(2)12-26)19(16)21(28)24-11-15-7-5-4-6-8-15/h4-10,13-14,16-19,26H,11-12H2,1-3H3,(H,23,27)(H,24,28)/t13-,14-,16+,17-,18-,19+/m1/s1. The van der Waals surface area contributed by atoms with E-state index >= 15 is 0 Å². The van der Waals surface area contributed by atoms with Gasteiger partial charge in [-0.15, -0.1) is 0 Å². The van der Waals surface area contributed by atoms with E-state index in [1.54, 1.807) is 14.0 Å². The summed E-state index contributed by atoms with van der Waals surface area (Å²) in [5.41, 5.74) is 0.958. The van der Waals surface area contributed by atoms with Crippen LogP contribution in [0.25, 0.3) is 0 Å². The fourth-order valence-corrected chi connectivity index (χ4v) is 4.56. The SMILES string of the molecule is CNC(=O)[C@H]1[C@@H]2C(=O)N([C@H](C)CO)[C@H](C(=O)NCc3ccccc3)[C@H]2C=C[C@H]1C. The van der Waals surface area contributed by atoms with Gasteiger partial charge in [0.15, 0.2) is 0 Å². The van der Waals surface area contributed by atoms with Crippen LogP contribution in [0.2, 0.25) is 0 Å². The Labute approximate surface area is 171 Å². The highest BCUT2D eigenvalue weighted by Gasteiger charge is 2.57. The molecule has 1 aliphatic carbocycles. The number of hydrogen-bond acceptors (Lipinski definition) is 4. The Kier molecular flexibility index (Phi) is 6.37. The highest BCUT2D eigenvalue weighted by Crippen LogP contribution is 2.44. The highest BCUT2D eigenvalue weighted by atomic mass is 16.3. The maximum Gasteiger partial charge on any atom is 0.243 e. The van der Waals surface area contributed by atoms with E-state index in [9.17, 15) is 19.5 Å². The van der Waals surface area contributed by atoms with Gasteiger partial charge in [-0.1, -0.05) is 49.4 Å². The summed E-state index contributed by atoms with van der Waals surface area (Å²) in [7, 11) is 1.56. The van der Waals surface area contributed by atoms with E-state index in [2.05, 4.69) is 10.6 Å². The molecule has 0 radical (unpaired) electrons. The first kappa shape index (κ1) is 21.0. The van der Waals surface area contributed by atoms with E-state index in [1.807, 2.05) is 49.4 Å². The molecule has 3 amide bonds. The molecule has 1 fully saturated rings. The smallest absolute Gasteiger partial charge is 0.243 e. The molecule has 3 rings (SSSR count). The van der Waals surface area contributed by atoms with Crippen molar-refractivity contribution in [3.05, 3.63) is 48.0 Å². The van der Waals surface area contributed by atoms with Crippen molar-refractivity contribution >= 4 is 17.7 Å². The number of rotatable bonds is 6. The van der Waals surface area contributed by atoms with Crippen LogP contribution in [-0.4, -0.2) is 53.5 Å². The summed E-state index contributed by atoms with van der Waals surface area (Å²) in [4.78, 5) is 40.5. The zero-order valence-corrected chi connectivity index (χ0v) is 17.0. The molecule has 1 aromatic rings. The largest absolute Gasteiger partial charge is 0.394 e. The van der Waals surface area contributed by atoms with Crippen molar-refractivity contribution in [3.8, 4) is 0 Å². The second-order valence-electron chi connectivity index (χ2n) is 7.91. The summed E-state index contributed by atoms with van der Waals surface area (Å²) in [5.74, 6) is -2.40. The van der Waals surface area contributed by atoms with Gasteiger partial charge in [-0.05, 0) is 18.4 Å². The lowest BCUT2D eigenvalue weighted by Crippen LogP contribution is -2.51. The van der Waals surface area contributed by atoms with Gasteiger partial charge in [0, 0.05) is 19.5 Å². The maximum atomic E-state index is 13.3. The van der Waals surface area contributed by atoms with Gasteiger partial charge in [-0.25, -0.2) is 0 Å². The monoisotopic (exact) mass is 399 g/mol. The molecule has 2 aliphatic rings. The molecule has 156 valence electrons. The Bertz CT molecular complexity index is 795. The molecular weight excluding hydrogens is 370 g/mol. The topological polar surface area (TPSA) is 98.7 Å². The molecule has 29 heavy (non-hydrogen) atoms. The summed E-state index contributed by atoms with van der Waals surface area (Å²) in [6.07, 6.45) is 3.81. The minimum Gasteiger partial charge on any atom is -0.394 e. The zero-order valence-electron chi connectivity index (χ0n) is 17.0. The molecule has 0 aromatic heterocycles. The lowest BCUT2D eigenvalue weighted by atomic mass is 9.70. The predicted molar refractivity (Wildman–Crippen MR) is 108 cm³/mol. The highest BCUT2D eigenvalue weighted by molar-refractivity contribution is 5.96. The van der Waals surface area contributed by atoms with Crippen LogP contribution in [0.5, 0.6) is 0 Å². The van der Waals surface area contributed by atoms with Crippen LogP contribution < -0.4 is 10.6 Å². The molecule has 1 saturated heterocycles. The number of aliphatic hydroxyl groups excluding tert-OH is 1. The van der Waals surface area contributed by atoms with Gasteiger partial charge in [-0.3, -0.25) is 14.4 Å². The van der Waals surface area contributed by atoms with Crippen LogP contribution in [0.1, 0.15) is 19.4 Å². The fraction of sp³-hybridized carbons (Fsp3) is 0.500. The predicted octanol–water partition coefficient (Wildman–Crippen LogP) is 0.695. The number of nitrogens with one attached hydrogen (secondary N) is 2. The molecule has 0 bridgehead atoms. The number of benzene rings is 1. The van der Waals surface area contributed by atoms with Gasteiger partial charge < -0.3 is 20.6 Å². The number of likely N-dealkylation sites (tertiary alicyclic amines) is 1. The minimum atomic E-state index is -0.755. The molecule has 7 heteroatoms. The Morgan fingerprint density at radius 2 is 1.86 bits per heavy atom.